The minimum atomic E-state index is -0.751. The molecule has 0 radical (unpaired) electrons. The van der Waals surface area contributed by atoms with Crippen molar-refractivity contribution in [3.8, 4) is 33.8 Å². The predicted molar refractivity (Wildman–Crippen MR) is 172 cm³/mol. The van der Waals surface area contributed by atoms with Crippen LogP contribution >= 0.6 is 0 Å². The molecule has 0 spiro atoms. The Hall–Kier alpha value is -5.23. The third-order valence-electron chi connectivity index (χ3n) is 7.79. The van der Waals surface area contributed by atoms with E-state index in [1.807, 2.05) is 43.3 Å². The second-order valence-corrected chi connectivity index (χ2v) is 10.8. The van der Waals surface area contributed by atoms with E-state index in [-0.39, 0.29) is 29.5 Å². The molecule has 0 aliphatic rings. The first kappa shape index (κ1) is 30.2. The molecular weight excluding hydrogens is 550 g/mol. The number of hydrogen-bond acceptors (Lipinski definition) is 6. The number of carbonyl (C=O) groups is 2. The maximum absolute atomic E-state index is 13.3. The zero-order valence-corrected chi connectivity index (χ0v) is 25.0. The maximum atomic E-state index is 13.3. The van der Waals surface area contributed by atoms with E-state index in [0.717, 1.165) is 33.4 Å². The zero-order valence-electron chi connectivity index (χ0n) is 25.0. The van der Waals surface area contributed by atoms with Crippen molar-refractivity contribution in [2.45, 2.75) is 32.3 Å². The summed E-state index contributed by atoms with van der Waals surface area (Å²) < 4.78 is 11.1. The lowest BCUT2D eigenvalue weighted by Gasteiger charge is -2.27. The first-order valence-electron chi connectivity index (χ1n) is 14.6. The van der Waals surface area contributed by atoms with E-state index < -0.39 is 23.8 Å². The first-order chi connectivity index (χ1) is 21.4. The van der Waals surface area contributed by atoms with E-state index in [4.69, 9.17) is 9.47 Å². The summed E-state index contributed by atoms with van der Waals surface area (Å²) in [4.78, 5) is 30.2. The Kier molecular flexibility index (Phi) is 9.50. The fourth-order valence-electron chi connectivity index (χ4n) is 5.39. The fraction of sp³-hybridized carbons (Fsp3) is 0.184. The SMILES string of the molecule is COc1ccnc(C(=O)C[C@@H](C)C(=O)O[C@@H](C)C(c2ccc(-c3ccccc3)cc2)c2ccc(-c3ccccc3)cc2)c1O. The molecule has 6 heteroatoms. The molecule has 0 bridgehead atoms. The number of nitrogens with zero attached hydrogens (tertiary/aromatic N) is 1. The molecular formula is C38H35NO5. The lowest BCUT2D eigenvalue weighted by Crippen LogP contribution is -2.28. The van der Waals surface area contributed by atoms with E-state index in [1.54, 1.807) is 6.92 Å². The van der Waals surface area contributed by atoms with Gasteiger partial charge in [0.05, 0.1) is 13.0 Å². The molecule has 0 saturated carbocycles. The first-order valence-corrected chi connectivity index (χ1v) is 14.6. The molecule has 0 aliphatic heterocycles. The fourth-order valence-corrected chi connectivity index (χ4v) is 5.39. The summed E-state index contributed by atoms with van der Waals surface area (Å²) in [7, 11) is 1.39. The molecule has 1 heterocycles. The molecule has 222 valence electrons. The van der Waals surface area contributed by atoms with Gasteiger partial charge in [0.25, 0.3) is 0 Å². The van der Waals surface area contributed by atoms with E-state index >= 15 is 0 Å². The van der Waals surface area contributed by atoms with Crippen molar-refractivity contribution in [1.82, 2.24) is 4.98 Å². The van der Waals surface area contributed by atoms with Crippen LogP contribution in [-0.4, -0.2) is 35.1 Å². The molecule has 5 aromatic rings. The highest BCUT2D eigenvalue weighted by Gasteiger charge is 2.29. The van der Waals surface area contributed by atoms with Crippen molar-refractivity contribution in [2.75, 3.05) is 7.11 Å². The van der Waals surface area contributed by atoms with Gasteiger partial charge in [0, 0.05) is 24.6 Å². The smallest absolute Gasteiger partial charge is 0.309 e. The lowest BCUT2D eigenvalue weighted by molar-refractivity contribution is -0.153. The Balaban J connectivity index is 1.38. The van der Waals surface area contributed by atoms with Gasteiger partial charge in [0.15, 0.2) is 23.0 Å². The number of rotatable bonds is 11. The summed E-state index contributed by atoms with van der Waals surface area (Å²) in [5, 5.41) is 10.3. The Morgan fingerprint density at radius 1 is 0.705 bits per heavy atom. The molecule has 44 heavy (non-hydrogen) atoms. The summed E-state index contributed by atoms with van der Waals surface area (Å²) in [5.41, 5.74) is 6.32. The second-order valence-electron chi connectivity index (χ2n) is 10.8. The highest BCUT2D eigenvalue weighted by atomic mass is 16.5. The van der Waals surface area contributed by atoms with Crippen molar-refractivity contribution in [1.29, 1.82) is 0 Å². The number of carbonyl (C=O) groups excluding carboxylic acids is 2. The predicted octanol–water partition coefficient (Wildman–Crippen LogP) is 8.10. The lowest BCUT2D eigenvalue weighted by atomic mass is 9.85. The Labute approximate surface area is 258 Å². The van der Waals surface area contributed by atoms with Gasteiger partial charge in [0.1, 0.15) is 6.10 Å². The average Bonchev–Trinajstić information content (AvgIpc) is 3.06. The van der Waals surface area contributed by atoms with Crippen LogP contribution in [0.3, 0.4) is 0 Å². The molecule has 2 atom stereocenters. The van der Waals surface area contributed by atoms with Crippen LogP contribution in [0.5, 0.6) is 11.5 Å². The van der Waals surface area contributed by atoms with Gasteiger partial charge in [-0.1, -0.05) is 116 Å². The molecule has 0 fully saturated rings. The number of esters is 1. The maximum Gasteiger partial charge on any atom is 0.309 e. The topological polar surface area (TPSA) is 85.7 Å². The Morgan fingerprint density at radius 2 is 1.18 bits per heavy atom. The third kappa shape index (κ3) is 6.87. The van der Waals surface area contributed by atoms with Crippen LogP contribution in [0.2, 0.25) is 0 Å². The van der Waals surface area contributed by atoms with E-state index in [2.05, 4.69) is 77.8 Å². The van der Waals surface area contributed by atoms with Gasteiger partial charge in [-0.2, -0.15) is 0 Å². The number of aromatic nitrogens is 1. The summed E-state index contributed by atoms with van der Waals surface area (Å²) in [6.07, 6.45) is 0.684. The molecule has 1 N–H and O–H groups in total. The number of ketones is 1. The van der Waals surface area contributed by atoms with Gasteiger partial charge < -0.3 is 14.6 Å². The van der Waals surface area contributed by atoms with Crippen molar-refractivity contribution in [3.63, 3.8) is 0 Å². The Morgan fingerprint density at radius 3 is 1.66 bits per heavy atom. The number of hydrogen-bond donors (Lipinski definition) is 1. The van der Waals surface area contributed by atoms with Gasteiger partial charge in [-0.3, -0.25) is 9.59 Å². The van der Waals surface area contributed by atoms with Gasteiger partial charge >= 0.3 is 5.97 Å². The molecule has 0 amide bonds. The molecule has 6 nitrogen and oxygen atoms in total. The van der Waals surface area contributed by atoms with E-state index in [1.165, 1.54) is 19.4 Å². The van der Waals surface area contributed by atoms with Crippen LogP contribution in [0.4, 0.5) is 0 Å². The largest absolute Gasteiger partial charge is 0.503 e. The number of benzene rings is 4. The average molecular weight is 586 g/mol. The summed E-state index contributed by atoms with van der Waals surface area (Å²) >= 11 is 0. The van der Waals surface area contributed by atoms with Crippen LogP contribution in [-0.2, 0) is 9.53 Å². The van der Waals surface area contributed by atoms with Crippen LogP contribution in [0.25, 0.3) is 22.3 Å². The summed E-state index contributed by atoms with van der Waals surface area (Å²) in [5.74, 6) is -2.17. The summed E-state index contributed by atoms with van der Waals surface area (Å²) in [6, 6.07) is 38.4. The minimum Gasteiger partial charge on any atom is -0.503 e. The van der Waals surface area contributed by atoms with Crippen molar-refractivity contribution in [3.05, 3.63) is 138 Å². The summed E-state index contributed by atoms with van der Waals surface area (Å²) in [6.45, 7) is 3.52. The van der Waals surface area contributed by atoms with Gasteiger partial charge in [-0.15, -0.1) is 0 Å². The number of Topliss-reactive ketones (excluding diaryl/α,β-unsaturated/α-hetero) is 1. The van der Waals surface area contributed by atoms with Crippen LogP contribution < -0.4 is 4.74 Å². The standard InChI is InChI=1S/C38H35NO5/c1-25(24-33(40)36-37(41)34(43-3)22-23-39-36)38(42)44-26(2)35(31-18-14-29(15-19-31)27-10-6-4-7-11-27)32-20-16-30(17-21-32)28-12-8-5-9-13-28/h4-23,25-26,35,41H,24H2,1-3H3/t25-,26+/m1/s1. The number of pyridine rings is 1. The molecule has 0 unspecified atom stereocenters. The number of aromatic hydroxyl groups is 1. The van der Waals surface area contributed by atoms with Gasteiger partial charge in [-0.05, 0) is 40.3 Å². The van der Waals surface area contributed by atoms with Crippen molar-refractivity contribution >= 4 is 11.8 Å². The van der Waals surface area contributed by atoms with Gasteiger partial charge in [-0.25, -0.2) is 4.98 Å². The van der Waals surface area contributed by atoms with Crippen LogP contribution in [0.1, 0.15) is 47.8 Å². The molecule has 0 saturated heterocycles. The Bertz CT molecular complexity index is 1620. The van der Waals surface area contributed by atoms with Crippen LogP contribution in [0.15, 0.2) is 121 Å². The highest BCUT2D eigenvalue weighted by Crippen LogP contribution is 2.34. The normalized spacial score (nSPS) is 12.4. The number of methoxy groups -OCH3 is 1. The highest BCUT2D eigenvalue weighted by molar-refractivity contribution is 5.99. The molecule has 0 aliphatic carbocycles. The molecule has 5 rings (SSSR count). The molecule has 4 aromatic carbocycles. The number of ether oxygens (including phenoxy) is 2. The molecule has 1 aromatic heterocycles. The second kappa shape index (κ2) is 13.8. The minimum absolute atomic E-state index is 0.132. The van der Waals surface area contributed by atoms with E-state index in [0.29, 0.717) is 0 Å². The van der Waals surface area contributed by atoms with E-state index in [9.17, 15) is 14.7 Å². The van der Waals surface area contributed by atoms with Crippen LogP contribution in [0, 0.1) is 5.92 Å². The quantitative estimate of drug-likeness (QED) is 0.125. The van der Waals surface area contributed by atoms with Crippen molar-refractivity contribution < 1.29 is 24.2 Å². The monoisotopic (exact) mass is 585 g/mol. The third-order valence-corrected chi connectivity index (χ3v) is 7.79. The van der Waals surface area contributed by atoms with Crippen molar-refractivity contribution in [2.24, 2.45) is 5.92 Å². The zero-order chi connectivity index (χ0) is 31.1. The van der Waals surface area contributed by atoms with Gasteiger partial charge in [0.2, 0.25) is 0 Å².